The molecule has 116 valence electrons. The topological polar surface area (TPSA) is 92.8 Å². The number of carbonyl (C=O) groups is 4. The molecule has 1 aliphatic rings. The Morgan fingerprint density at radius 3 is 2.68 bits per heavy atom. The summed E-state index contributed by atoms with van der Waals surface area (Å²) in [6, 6.07) is 6.88. The van der Waals surface area contributed by atoms with E-state index in [1.807, 2.05) is 0 Å². The first-order valence-corrected chi connectivity index (χ1v) is 6.81. The molecule has 1 aliphatic heterocycles. The van der Waals surface area contributed by atoms with Gasteiger partial charge >= 0.3 is 5.97 Å². The summed E-state index contributed by atoms with van der Waals surface area (Å²) in [6.45, 7) is 0.793. The van der Waals surface area contributed by atoms with Crippen molar-refractivity contribution in [2.45, 2.75) is 19.8 Å². The van der Waals surface area contributed by atoms with Crippen molar-refractivity contribution in [1.29, 1.82) is 0 Å². The molecule has 0 atom stereocenters. The van der Waals surface area contributed by atoms with Crippen LogP contribution in [0.1, 0.15) is 19.8 Å². The molecule has 0 saturated carbocycles. The number of amides is 2. The summed E-state index contributed by atoms with van der Waals surface area (Å²) in [7, 11) is 0. The number of ketones is 1. The molecule has 0 aliphatic carbocycles. The molecule has 1 aromatic rings. The first-order chi connectivity index (χ1) is 10.5. The average molecular weight is 304 g/mol. The largest absolute Gasteiger partial charge is 0.456 e. The van der Waals surface area contributed by atoms with E-state index in [0.717, 1.165) is 0 Å². The number of nitrogens with one attached hydrogen (secondary N) is 1. The second kappa shape index (κ2) is 6.84. The zero-order chi connectivity index (χ0) is 16.1. The van der Waals surface area contributed by atoms with Gasteiger partial charge in [-0.1, -0.05) is 12.1 Å². The fourth-order valence-electron chi connectivity index (χ4n) is 2.03. The number of hydrogen-bond acceptors (Lipinski definition) is 5. The third kappa shape index (κ3) is 3.91. The molecule has 0 fully saturated rings. The van der Waals surface area contributed by atoms with Gasteiger partial charge in [0.05, 0.1) is 17.8 Å². The lowest BCUT2D eigenvalue weighted by molar-refractivity contribution is -0.148. The molecule has 0 bridgehead atoms. The first-order valence-electron chi connectivity index (χ1n) is 6.81. The predicted molar refractivity (Wildman–Crippen MR) is 78.3 cm³/mol. The summed E-state index contributed by atoms with van der Waals surface area (Å²) in [4.78, 5) is 47.2. The number of fused-ring (bicyclic) bond motifs is 1. The Kier molecular flexibility index (Phi) is 4.88. The van der Waals surface area contributed by atoms with Gasteiger partial charge in [0.2, 0.25) is 5.91 Å². The quantitative estimate of drug-likeness (QED) is 0.815. The zero-order valence-corrected chi connectivity index (χ0v) is 12.1. The molecule has 1 heterocycles. The molecule has 0 unspecified atom stereocenters. The summed E-state index contributed by atoms with van der Waals surface area (Å²) in [6.07, 6.45) is 0.0294. The fourth-order valence-corrected chi connectivity index (χ4v) is 2.03. The maximum absolute atomic E-state index is 12.2. The number of carbonyl (C=O) groups excluding carboxylic acids is 4. The maximum Gasteiger partial charge on any atom is 0.306 e. The van der Waals surface area contributed by atoms with Crippen molar-refractivity contribution in [1.82, 2.24) is 0 Å². The minimum absolute atomic E-state index is 0.0559. The van der Waals surface area contributed by atoms with Crippen LogP contribution in [0.2, 0.25) is 0 Å². The van der Waals surface area contributed by atoms with E-state index in [0.29, 0.717) is 11.4 Å². The van der Waals surface area contributed by atoms with Crippen molar-refractivity contribution in [3.63, 3.8) is 0 Å². The molecule has 1 N–H and O–H groups in total. The van der Waals surface area contributed by atoms with Crippen molar-refractivity contribution >= 4 is 34.9 Å². The number of esters is 1. The van der Waals surface area contributed by atoms with E-state index < -0.39 is 18.5 Å². The molecule has 7 heteroatoms. The minimum atomic E-state index is -0.613. The summed E-state index contributed by atoms with van der Waals surface area (Å²) in [5.74, 6) is -1.53. The second-order valence-corrected chi connectivity index (χ2v) is 4.91. The lowest BCUT2D eigenvalue weighted by Gasteiger charge is -2.28. The Hall–Kier alpha value is -2.70. The van der Waals surface area contributed by atoms with E-state index in [2.05, 4.69) is 5.32 Å². The maximum atomic E-state index is 12.2. The lowest BCUT2D eigenvalue weighted by atomic mass is 10.2. The van der Waals surface area contributed by atoms with E-state index in [-0.39, 0.29) is 31.1 Å². The van der Waals surface area contributed by atoms with Gasteiger partial charge in [-0.25, -0.2) is 0 Å². The van der Waals surface area contributed by atoms with E-state index in [9.17, 15) is 19.2 Å². The van der Waals surface area contributed by atoms with E-state index in [1.165, 1.54) is 11.8 Å². The average Bonchev–Trinajstić information content (AvgIpc) is 2.49. The molecule has 0 spiro atoms. The van der Waals surface area contributed by atoms with Gasteiger partial charge in [-0.2, -0.15) is 0 Å². The van der Waals surface area contributed by atoms with Crippen LogP contribution in [-0.4, -0.2) is 36.7 Å². The van der Waals surface area contributed by atoms with Crippen molar-refractivity contribution in [3.05, 3.63) is 24.3 Å². The summed E-state index contributed by atoms with van der Waals surface area (Å²) < 4.78 is 4.84. The molecular weight excluding hydrogens is 288 g/mol. The molecule has 1 aromatic carbocycles. The highest BCUT2D eigenvalue weighted by molar-refractivity contribution is 6.10. The molecule has 0 saturated heterocycles. The van der Waals surface area contributed by atoms with Crippen LogP contribution in [0.15, 0.2) is 24.3 Å². The monoisotopic (exact) mass is 304 g/mol. The summed E-state index contributed by atoms with van der Waals surface area (Å²) >= 11 is 0. The Labute approximate surface area is 127 Å². The van der Waals surface area contributed by atoms with Gasteiger partial charge in [0.15, 0.2) is 6.61 Å². The van der Waals surface area contributed by atoms with Gasteiger partial charge < -0.3 is 14.8 Å². The van der Waals surface area contributed by atoms with Crippen LogP contribution in [0.4, 0.5) is 11.4 Å². The van der Waals surface area contributed by atoms with Gasteiger partial charge in [0, 0.05) is 6.42 Å². The number of para-hydroxylation sites is 2. The SMILES string of the molecule is CC(=O)CCC(=O)OCC(=O)N1CC(=O)Nc2ccccc21. The smallest absolute Gasteiger partial charge is 0.306 e. The summed E-state index contributed by atoms with van der Waals surface area (Å²) in [5.41, 5.74) is 1.10. The number of ether oxygens (including phenoxy) is 1. The van der Waals surface area contributed by atoms with Crippen molar-refractivity contribution in [2.75, 3.05) is 23.4 Å². The number of hydrogen-bond donors (Lipinski definition) is 1. The standard InChI is InChI=1S/C15H16N2O5/c1-10(18)6-7-15(21)22-9-14(20)17-8-13(19)16-11-4-2-3-5-12(11)17/h2-5H,6-9H2,1H3,(H,16,19). The van der Waals surface area contributed by atoms with Crippen LogP contribution in [0, 0.1) is 0 Å². The van der Waals surface area contributed by atoms with Gasteiger partial charge in [-0.3, -0.25) is 19.3 Å². The third-order valence-corrected chi connectivity index (χ3v) is 3.11. The predicted octanol–water partition coefficient (Wildman–Crippen LogP) is 0.884. The van der Waals surface area contributed by atoms with Gasteiger partial charge in [-0.15, -0.1) is 0 Å². The van der Waals surface area contributed by atoms with E-state index >= 15 is 0 Å². The number of rotatable bonds is 5. The lowest BCUT2D eigenvalue weighted by Crippen LogP contribution is -2.44. The fraction of sp³-hybridized carbons (Fsp3) is 0.333. The highest BCUT2D eigenvalue weighted by Crippen LogP contribution is 2.28. The van der Waals surface area contributed by atoms with E-state index in [4.69, 9.17) is 4.74 Å². The Balaban J connectivity index is 1.97. The Bertz CT molecular complexity index is 626. The van der Waals surface area contributed by atoms with Crippen LogP contribution >= 0.6 is 0 Å². The molecule has 0 aromatic heterocycles. The van der Waals surface area contributed by atoms with Crippen molar-refractivity contribution in [2.24, 2.45) is 0 Å². The first kappa shape index (κ1) is 15.7. The molecule has 2 amide bonds. The zero-order valence-electron chi connectivity index (χ0n) is 12.1. The van der Waals surface area contributed by atoms with Crippen LogP contribution < -0.4 is 10.2 Å². The third-order valence-electron chi connectivity index (χ3n) is 3.11. The number of anilines is 2. The Morgan fingerprint density at radius 1 is 1.23 bits per heavy atom. The highest BCUT2D eigenvalue weighted by atomic mass is 16.5. The number of benzene rings is 1. The molecule has 22 heavy (non-hydrogen) atoms. The summed E-state index contributed by atoms with van der Waals surface area (Å²) in [5, 5.41) is 2.66. The molecular formula is C15H16N2O5. The molecule has 2 rings (SSSR count). The minimum Gasteiger partial charge on any atom is -0.456 e. The Morgan fingerprint density at radius 2 is 1.95 bits per heavy atom. The number of Topliss-reactive ketones (excluding diaryl/α,β-unsaturated/α-hetero) is 1. The number of nitrogens with zero attached hydrogens (tertiary/aromatic N) is 1. The van der Waals surface area contributed by atoms with Crippen LogP contribution in [0.25, 0.3) is 0 Å². The second-order valence-electron chi connectivity index (χ2n) is 4.91. The van der Waals surface area contributed by atoms with Gasteiger partial charge in [0.25, 0.3) is 5.91 Å². The van der Waals surface area contributed by atoms with Crippen molar-refractivity contribution in [3.8, 4) is 0 Å². The molecule has 7 nitrogen and oxygen atoms in total. The van der Waals surface area contributed by atoms with Crippen LogP contribution in [-0.2, 0) is 23.9 Å². The normalized spacial score (nSPS) is 13.1. The molecule has 0 radical (unpaired) electrons. The van der Waals surface area contributed by atoms with Crippen molar-refractivity contribution < 1.29 is 23.9 Å². The van der Waals surface area contributed by atoms with E-state index in [1.54, 1.807) is 24.3 Å². The van der Waals surface area contributed by atoms with Crippen LogP contribution in [0.5, 0.6) is 0 Å². The van der Waals surface area contributed by atoms with Crippen LogP contribution in [0.3, 0.4) is 0 Å². The van der Waals surface area contributed by atoms with Gasteiger partial charge in [-0.05, 0) is 19.1 Å². The van der Waals surface area contributed by atoms with Gasteiger partial charge in [0.1, 0.15) is 12.3 Å². The highest BCUT2D eigenvalue weighted by Gasteiger charge is 2.27.